The van der Waals surface area contributed by atoms with Crippen molar-refractivity contribution in [3.05, 3.63) is 217 Å². The Hall–Kier alpha value is -7.76. The van der Waals surface area contributed by atoms with E-state index in [2.05, 4.69) is 152 Å². The van der Waals surface area contributed by atoms with Crippen molar-refractivity contribution in [2.75, 3.05) is 0 Å². The third-order valence-corrected chi connectivity index (χ3v) is 11.8. The Kier molecular flexibility index (Phi) is 7.07. The zero-order valence-electron chi connectivity index (χ0n) is 31.2. The molecule has 10 aromatic rings. The predicted molar refractivity (Wildman–Crippen MR) is 232 cm³/mol. The number of nitrogens with zero attached hydrogens (tertiary/aromatic N) is 4. The Balaban J connectivity index is 1.13. The predicted octanol–water partition coefficient (Wildman–Crippen LogP) is 12.7. The summed E-state index contributed by atoms with van der Waals surface area (Å²) in [4.78, 5) is 20.4. The minimum Gasteiger partial charge on any atom is -0.457 e. The van der Waals surface area contributed by atoms with Gasteiger partial charge in [0.2, 0.25) is 0 Å². The van der Waals surface area contributed by atoms with Crippen LogP contribution in [0.2, 0.25) is 0 Å². The van der Waals surface area contributed by atoms with Gasteiger partial charge in [-0.15, -0.1) is 0 Å². The number of pyridine rings is 1. The van der Waals surface area contributed by atoms with E-state index < -0.39 is 5.41 Å². The van der Waals surface area contributed by atoms with E-state index in [0.29, 0.717) is 17.5 Å². The summed E-state index contributed by atoms with van der Waals surface area (Å²) in [5.41, 5.74) is 12.2. The lowest BCUT2D eigenvalue weighted by Gasteiger charge is -2.40. The third kappa shape index (κ3) is 4.77. The molecule has 5 nitrogen and oxygen atoms in total. The fourth-order valence-electron chi connectivity index (χ4n) is 9.31. The second-order valence-corrected chi connectivity index (χ2v) is 14.9. The lowest BCUT2D eigenvalue weighted by molar-refractivity contribution is 0.436. The average molecular weight is 741 g/mol. The van der Waals surface area contributed by atoms with E-state index in [1.165, 1.54) is 22.3 Å². The minimum absolute atomic E-state index is 0.593. The number of aromatic nitrogens is 4. The van der Waals surface area contributed by atoms with Gasteiger partial charge in [0.25, 0.3) is 0 Å². The summed E-state index contributed by atoms with van der Waals surface area (Å²) in [6, 6.07) is 66.0. The Morgan fingerprint density at radius 2 is 0.914 bits per heavy atom. The Morgan fingerprint density at radius 3 is 1.69 bits per heavy atom. The maximum absolute atomic E-state index is 6.93. The fraction of sp³-hybridized carbons (Fsp3) is 0.0189. The van der Waals surface area contributed by atoms with Crippen LogP contribution in [-0.4, -0.2) is 19.9 Å². The van der Waals surface area contributed by atoms with Crippen molar-refractivity contribution in [1.82, 2.24) is 19.9 Å². The van der Waals surface area contributed by atoms with Crippen LogP contribution in [0.1, 0.15) is 22.3 Å². The largest absolute Gasteiger partial charge is 0.457 e. The number of ether oxygens (including phenoxy) is 1. The summed E-state index contributed by atoms with van der Waals surface area (Å²) >= 11 is 0. The van der Waals surface area contributed by atoms with Crippen molar-refractivity contribution < 1.29 is 4.74 Å². The number of para-hydroxylation sites is 1. The van der Waals surface area contributed by atoms with Gasteiger partial charge in [-0.25, -0.2) is 15.0 Å². The first-order chi connectivity index (χ1) is 28.7. The van der Waals surface area contributed by atoms with Crippen molar-refractivity contribution in [2.45, 2.75) is 5.41 Å². The van der Waals surface area contributed by atoms with Crippen molar-refractivity contribution in [3.8, 4) is 67.9 Å². The third-order valence-electron chi connectivity index (χ3n) is 11.8. The van der Waals surface area contributed by atoms with Gasteiger partial charge in [-0.2, -0.15) is 0 Å². The average Bonchev–Trinajstić information content (AvgIpc) is 3.59. The summed E-state index contributed by atoms with van der Waals surface area (Å²) in [6.07, 6.45) is 1.87. The molecule has 58 heavy (non-hydrogen) atoms. The molecule has 12 rings (SSSR count). The van der Waals surface area contributed by atoms with Crippen LogP contribution in [0, 0.1) is 0 Å². The molecule has 0 saturated carbocycles. The number of fused-ring (bicyclic) bond motifs is 11. The van der Waals surface area contributed by atoms with Gasteiger partial charge in [0.1, 0.15) is 11.5 Å². The fourth-order valence-corrected chi connectivity index (χ4v) is 9.31. The van der Waals surface area contributed by atoms with E-state index in [0.717, 1.165) is 72.1 Å². The minimum atomic E-state index is -0.701. The summed E-state index contributed by atoms with van der Waals surface area (Å²) in [7, 11) is 0. The summed E-state index contributed by atoms with van der Waals surface area (Å²) in [5, 5.41) is 3.32. The van der Waals surface area contributed by atoms with Crippen LogP contribution in [0.4, 0.5) is 0 Å². The molecule has 1 aliphatic carbocycles. The van der Waals surface area contributed by atoms with Crippen LogP contribution in [0.15, 0.2) is 194 Å². The standard InChI is InChI=1S/C53H32N4O/c1-2-14-35(15-3-1)50-55-51(57-52(56-50)42-23-10-16-33-13-4-5-19-38(33)42)37-27-29-48-46(32-37)53(43-24-8-6-20-40(43)41-21-7-9-25-44(41)53)45-31-36(26-28-47(45)58-48)39-22-11-17-34-18-12-30-54-49(34)39/h1-32H. The van der Waals surface area contributed by atoms with Crippen LogP contribution in [0.25, 0.3) is 78.1 Å². The highest BCUT2D eigenvalue weighted by atomic mass is 16.5. The Bertz CT molecular complexity index is 3230. The Morgan fingerprint density at radius 1 is 0.362 bits per heavy atom. The van der Waals surface area contributed by atoms with Gasteiger partial charge in [-0.05, 0) is 75.0 Å². The molecule has 5 heteroatoms. The molecular weight excluding hydrogens is 709 g/mol. The second-order valence-electron chi connectivity index (χ2n) is 14.9. The normalized spacial score (nSPS) is 13.1. The lowest BCUT2D eigenvalue weighted by Crippen LogP contribution is -2.32. The molecule has 0 N–H and O–H groups in total. The molecule has 0 radical (unpaired) electrons. The van der Waals surface area contributed by atoms with Crippen LogP contribution in [0.3, 0.4) is 0 Å². The van der Waals surface area contributed by atoms with Gasteiger partial charge >= 0.3 is 0 Å². The molecule has 0 bridgehead atoms. The first-order valence-electron chi connectivity index (χ1n) is 19.5. The highest BCUT2D eigenvalue weighted by Gasteiger charge is 2.51. The quantitative estimate of drug-likeness (QED) is 0.180. The zero-order valence-corrected chi connectivity index (χ0v) is 31.2. The number of benzene rings is 8. The molecule has 0 saturated heterocycles. The van der Waals surface area contributed by atoms with E-state index in [9.17, 15) is 0 Å². The zero-order chi connectivity index (χ0) is 38.2. The highest BCUT2D eigenvalue weighted by Crippen LogP contribution is 2.62. The summed E-state index contributed by atoms with van der Waals surface area (Å²) in [5.74, 6) is 3.46. The lowest BCUT2D eigenvalue weighted by atomic mass is 9.65. The molecule has 0 atom stereocenters. The van der Waals surface area contributed by atoms with Crippen molar-refractivity contribution in [2.24, 2.45) is 0 Å². The number of rotatable bonds is 4. The molecule has 270 valence electrons. The molecule has 3 heterocycles. The molecule has 0 unspecified atom stereocenters. The molecule has 1 aliphatic heterocycles. The van der Waals surface area contributed by atoms with Gasteiger partial charge in [0.15, 0.2) is 17.5 Å². The first-order valence-corrected chi connectivity index (χ1v) is 19.5. The summed E-state index contributed by atoms with van der Waals surface area (Å²) < 4.78 is 6.93. The second kappa shape index (κ2) is 12.6. The van der Waals surface area contributed by atoms with E-state index in [-0.39, 0.29) is 0 Å². The van der Waals surface area contributed by atoms with E-state index in [1.807, 2.05) is 42.6 Å². The van der Waals surface area contributed by atoms with Crippen molar-refractivity contribution >= 4 is 21.7 Å². The van der Waals surface area contributed by atoms with E-state index in [1.54, 1.807) is 0 Å². The molecule has 8 aromatic carbocycles. The van der Waals surface area contributed by atoms with Gasteiger partial charge < -0.3 is 4.74 Å². The monoisotopic (exact) mass is 740 g/mol. The first kappa shape index (κ1) is 32.5. The van der Waals surface area contributed by atoms with Gasteiger partial charge in [0.05, 0.1) is 10.9 Å². The number of hydrogen-bond donors (Lipinski definition) is 0. The van der Waals surface area contributed by atoms with Crippen molar-refractivity contribution in [1.29, 1.82) is 0 Å². The molecule has 2 aliphatic rings. The molecule has 0 amide bonds. The molecule has 0 fully saturated rings. The Labute approximate surface area is 335 Å². The van der Waals surface area contributed by atoms with Crippen LogP contribution >= 0.6 is 0 Å². The van der Waals surface area contributed by atoms with E-state index in [4.69, 9.17) is 24.7 Å². The van der Waals surface area contributed by atoms with Crippen LogP contribution in [-0.2, 0) is 5.41 Å². The van der Waals surface area contributed by atoms with Crippen molar-refractivity contribution in [3.63, 3.8) is 0 Å². The van der Waals surface area contributed by atoms with Crippen LogP contribution in [0.5, 0.6) is 11.5 Å². The van der Waals surface area contributed by atoms with Gasteiger partial charge in [0, 0.05) is 45.0 Å². The van der Waals surface area contributed by atoms with Crippen LogP contribution < -0.4 is 4.74 Å². The smallest absolute Gasteiger partial charge is 0.164 e. The molecule has 2 aromatic heterocycles. The topological polar surface area (TPSA) is 60.8 Å². The van der Waals surface area contributed by atoms with E-state index >= 15 is 0 Å². The SMILES string of the molecule is c1ccc(-c2nc(-c3ccc4c(c3)C3(c5cc(-c6cccc7cccnc67)ccc5O4)c4ccccc4-c4ccccc43)nc(-c3cccc4ccccc34)n2)cc1. The maximum atomic E-state index is 6.93. The highest BCUT2D eigenvalue weighted by molar-refractivity contribution is 5.97. The molecular formula is C53H32N4O. The number of hydrogen-bond acceptors (Lipinski definition) is 5. The van der Waals surface area contributed by atoms with Gasteiger partial charge in [-0.3, -0.25) is 4.98 Å². The summed E-state index contributed by atoms with van der Waals surface area (Å²) in [6.45, 7) is 0. The maximum Gasteiger partial charge on any atom is 0.164 e. The molecule has 1 spiro atoms. The van der Waals surface area contributed by atoms with Gasteiger partial charge in [-0.1, -0.05) is 152 Å².